The maximum absolute atomic E-state index is 5.21. The van der Waals surface area contributed by atoms with Crippen molar-refractivity contribution < 1.29 is 18.1 Å². The van der Waals surface area contributed by atoms with Crippen LogP contribution >= 0.6 is 13.3 Å². The SMILES string of the molecule is S=P1([N-]P2(=S)OCCO2)OCCO1. The van der Waals surface area contributed by atoms with E-state index in [1.165, 1.54) is 0 Å². The molecule has 0 amide bonds. The molecule has 0 radical (unpaired) electrons. The molecule has 0 N–H and O–H groups in total. The standard InChI is InChI=1S/C4H8NO4P2S2/c12-10(6-1-2-7-10)5-11(13)8-3-4-9-11/h1-4H2/q-1. The van der Waals surface area contributed by atoms with E-state index < -0.39 is 13.3 Å². The van der Waals surface area contributed by atoms with E-state index >= 15 is 0 Å². The number of nitrogens with zero attached hydrogens (tertiary/aromatic N) is 1. The average Bonchev–Trinajstić information content (AvgIpc) is 2.60. The Bertz CT molecular complexity index is 250. The molecule has 0 aromatic heterocycles. The summed E-state index contributed by atoms with van der Waals surface area (Å²) in [6, 6.07) is 0. The quantitative estimate of drug-likeness (QED) is 0.707. The summed E-state index contributed by atoms with van der Waals surface area (Å²) in [6.45, 7) is -3.13. The normalized spacial score (nSPS) is 30.8. The van der Waals surface area contributed by atoms with Crippen molar-refractivity contribution in [1.29, 1.82) is 0 Å². The molecule has 76 valence electrons. The first-order valence-corrected chi connectivity index (χ1v) is 8.83. The molecule has 2 aliphatic heterocycles. The van der Waals surface area contributed by atoms with E-state index in [0.717, 1.165) is 0 Å². The van der Waals surface area contributed by atoms with Gasteiger partial charge in [-0.25, -0.2) is 0 Å². The Kier molecular flexibility index (Phi) is 3.21. The molecule has 0 atom stereocenters. The van der Waals surface area contributed by atoms with Crippen LogP contribution in [0.15, 0.2) is 0 Å². The van der Waals surface area contributed by atoms with Crippen LogP contribution in [0.3, 0.4) is 0 Å². The second-order valence-electron chi connectivity index (χ2n) is 2.36. The van der Waals surface area contributed by atoms with Crippen LogP contribution < -0.4 is 0 Å². The number of hydrogen-bond acceptors (Lipinski definition) is 6. The van der Waals surface area contributed by atoms with Gasteiger partial charge in [0.05, 0.1) is 26.4 Å². The Labute approximate surface area is 86.5 Å². The summed E-state index contributed by atoms with van der Waals surface area (Å²) in [7, 11) is 0. The van der Waals surface area contributed by atoms with E-state index in [1.54, 1.807) is 0 Å². The largest absolute Gasteiger partial charge is 0.501 e. The van der Waals surface area contributed by atoms with Crippen molar-refractivity contribution in [3.8, 4) is 0 Å². The Hall–Kier alpha value is 1.10. The highest BCUT2D eigenvalue weighted by atomic mass is 32.5. The van der Waals surface area contributed by atoms with Gasteiger partial charge >= 0.3 is 0 Å². The van der Waals surface area contributed by atoms with Crippen LogP contribution in [0.5, 0.6) is 0 Å². The van der Waals surface area contributed by atoms with Crippen LogP contribution in [-0.2, 0) is 41.7 Å². The maximum Gasteiger partial charge on any atom is 0.101 e. The first-order chi connectivity index (χ1) is 6.12. The third kappa shape index (κ3) is 2.56. The lowest BCUT2D eigenvalue weighted by Crippen LogP contribution is -1.82. The van der Waals surface area contributed by atoms with Crippen molar-refractivity contribution in [2.24, 2.45) is 0 Å². The molecular formula is C4H8NO4P2S2-. The van der Waals surface area contributed by atoms with Crippen LogP contribution in [0, 0.1) is 0 Å². The monoisotopic (exact) mass is 260 g/mol. The highest BCUT2D eigenvalue weighted by Crippen LogP contribution is 2.74. The number of hydrogen-bond donors (Lipinski definition) is 0. The summed E-state index contributed by atoms with van der Waals surface area (Å²) >= 11 is 10.2. The molecule has 0 saturated carbocycles. The third-order valence-corrected chi connectivity index (χ3v) is 7.77. The molecule has 0 aromatic carbocycles. The second-order valence-corrected chi connectivity index (χ2v) is 8.75. The Morgan fingerprint density at radius 1 is 0.769 bits per heavy atom. The minimum Gasteiger partial charge on any atom is -0.501 e. The van der Waals surface area contributed by atoms with Crippen LogP contribution in [-0.4, -0.2) is 26.4 Å². The van der Waals surface area contributed by atoms with Gasteiger partial charge in [-0.1, -0.05) is 23.6 Å². The first kappa shape index (κ1) is 10.6. The first-order valence-electron chi connectivity index (χ1n) is 3.65. The van der Waals surface area contributed by atoms with Gasteiger partial charge in [-0.2, -0.15) is 0 Å². The third-order valence-electron chi connectivity index (χ3n) is 1.40. The Balaban J connectivity index is 2.04. The van der Waals surface area contributed by atoms with Gasteiger partial charge in [0.25, 0.3) is 0 Å². The average molecular weight is 260 g/mol. The summed E-state index contributed by atoms with van der Waals surface area (Å²) in [4.78, 5) is 4.10. The van der Waals surface area contributed by atoms with Gasteiger partial charge in [-0.3, -0.25) is 0 Å². The molecule has 2 fully saturated rings. The fourth-order valence-corrected chi connectivity index (χ4v) is 7.23. The smallest absolute Gasteiger partial charge is 0.101 e. The summed E-state index contributed by atoms with van der Waals surface area (Å²) < 4.78 is 20.8. The molecule has 2 saturated heterocycles. The van der Waals surface area contributed by atoms with E-state index in [-0.39, 0.29) is 0 Å². The predicted octanol–water partition coefficient (Wildman–Crippen LogP) is 1.90. The highest BCUT2D eigenvalue weighted by molar-refractivity contribution is 8.22. The van der Waals surface area contributed by atoms with Gasteiger partial charge in [-0.05, 0) is 0 Å². The van der Waals surface area contributed by atoms with Crippen molar-refractivity contribution in [3.63, 3.8) is 0 Å². The zero-order valence-electron chi connectivity index (χ0n) is 6.62. The van der Waals surface area contributed by atoms with Crippen molar-refractivity contribution in [2.45, 2.75) is 0 Å². The molecule has 0 unspecified atom stereocenters. The predicted molar refractivity (Wildman–Crippen MR) is 55.7 cm³/mol. The fourth-order valence-electron chi connectivity index (χ4n) is 0.922. The topological polar surface area (TPSA) is 51.0 Å². The minimum absolute atomic E-state index is 0.482. The minimum atomic E-state index is -2.53. The van der Waals surface area contributed by atoms with E-state index in [9.17, 15) is 0 Å². The van der Waals surface area contributed by atoms with Crippen LogP contribution in [0.2, 0.25) is 0 Å². The summed E-state index contributed by atoms with van der Waals surface area (Å²) in [5.74, 6) is 0. The van der Waals surface area contributed by atoms with Gasteiger partial charge in [0.2, 0.25) is 0 Å². The zero-order valence-corrected chi connectivity index (χ0v) is 10.0. The molecule has 2 rings (SSSR count). The van der Waals surface area contributed by atoms with Crippen molar-refractivity contribution in [1.82, 2.24) is 0 Å². The zero-order chi connectivity index (χ0) is 9.36. The van der Waals surface area contributed by atoms with E-state index in [4.69, 9.17) is 41.7 Å². The highest BCUT2D eigenvalue weighted by Gasteiger charge is 2.24. The van der Waals surface area contributed by atoms with Gasteiger partial charge < -0.3 is 23.0 Å². The molecule has 0 aromatic rings. The van der Waals surface area contributed by atoms with Crippen LogP contribution in [0.4, 0.5) is 0 Å². The molecular weight excluding hydrogens is 252 g/mol. The lowest BCUT2D eigenvalue weighted by molar-refractivity contribution is 0.365. The summed E-state index contributed by atoms with van der Waals surface area (Å²) in [5, 5.41) is 0. The molecule has 5 nitrogen and oxygen atoms in total. The van der Waals surface area contributed by atoms with Gasteiger partial charge in [0, 0.05) is 0 Å². The van der Waals surface area contributed by atoms with Crippen molar-refractivity contribution >= 4 is 36.9 Å². The lowest BCUT2D eigenvalue weighted by Gasteiger charge is -2.35. The Morgan fingerprint density at radius 3 is 1.38 bits per heavy atom. The van der Waals surface area contributed by atoms with Gasteiger partial charge in [0.15, 0.2) is 0 Å². The summed E-state index contributed by atoms with van der Waals surface area (Å²) in [6.07, 6.45) is 0. The maximum atomic E-state index is 5.21. The van der Waals surface area contributed by atoms with E-state index in [2.05, 4.69) is 4.86 Å². The van der Waals surface area contributed by atoms with Crippen molar-refractivity contribution in [2.75, 3.05) is 26.4 Å². The fraction of sp³-hybridized carbons (Fsp3) is 1.00. The van der Waals surface area contributed by atoms with Crippen LogP contribution in [0.1, 0.15) is 0 Å². The molecule has 0 spiro atoms. The Morgan fingerprint density at radius 2 is 1.08 bits per heavy atom. The molecule has 0 bridgehead atoms. The molecule has 13 heavy (non-hydrogen) atoms. The molecule has 2 aliphatic rings. The van der Waals surface area contributed by atoms with Gasteiger partial charge in [0.1, 0.15) is 13.3 Å². The lowest BCUT2D eigenvalue weighted by atomic mass is 10.8. The van der Waals surface area contributed by atoms with E-state index in [1.807, 2.05) is 0 Å². The second kappa shape index (κ2) is 3.93. The molecule has 2 heterocycles. The van der Waals surface area contributed by atoms with E-state index in [0.29, 0.717) is 26.4 Å². The molecule has 0 aliphatic carbocycles. The van der Waals surface area contributed by atoms with Gasteiger partial charge in [-0.15, -0.1) is 0 Å². The number of rotatable bonds is 2. The summed E-state index contributed by atoms with van der Waals surface area (Å²) in [5.41, 5.74) is 0. The molecule has 9 heteroatoms. The van der Waals surface area contributed by atoms with Crippen LogP contribution in [0.25, 0.3) is 4.86 Å². The van der Waals surface area contributed by atoms with Crippen molar-refractivity contribution in [3.05, 3.63) is 4.86 Å².